The molecule has 144 valence electrons. The topological polar surface area (TPSA) is 91.8 Å². The van der Waals surface area contributed by atoms with Gasteiger partial charge in [0.2, 0.25) is 0 Å². The second-order valence-corrected chi connectivity index (χ2v) is 8.26. The van der Waals surface area contributed by atoms with Crippen molar-refractivity contribution in [3.05, 3.63) is 29.3 Å². The molecule has 1 aliphatic rings. The maximum Gasteiger partial charge on any atom is 0.394 e. The maximum atomic E-state index is 13.1. The van der Waals surface area contributed by atoms with Crippen LogP contribution < -0.4 is 0 Å². The zero-order valence-corrected chi connectivity index (χ0v) is 14.9. The quantitative estimate of drug-likeness (QED) is 0.845. The number of amides is 1. The predicted molar refractivity (Wildman–Crippen MR) is 85.5 cm³/mol. The van der Waals surface area contributed by atoms with Gasteiger partial charge >= 0.3 is 12.1 Å². The van der Waals surface area contributed by atoms with Crippen molar-refractivity contribution in [2.75, 3.05) is 19.3 Å². The smallest absolute Gasteiger partial charge is 0.394 e. The minimum Gasteiger partial charge on any atom is -0.481 e. The molecule has 10 heteroatoms. The number of carboxylic acid groups (broad SMARTS) is 1. The van der Waals surface area contributed by atoms with Crippen molar-refractivity contribution in [3.63, 3.8) is 0 Å². The molecule has 1 aromatic rings. The van der Waals surface area contributed by atoms with Gasteiger partial charge in [-0.2, -0.15) is 13.2 Å². The van der Waals surface area contributed by atoms with Crippen molar-refractivity contribution >= 4 is 21.7 Å². The van der Waals surface area contributed by atoms with E-state index in [1.54, 1.807) is 6.92 Å². The summed E-state index contributed by atoms with van der Waals surface area (Å²) in [5, 5.41) is 9.05. The van der Waals surface area contributed by atoms with Gasteiger partial charge in [0.1, 0.15) is 0 Å². The SMILES string of the molecule is CCc1ccc(S(C)(=O)=O)cc1C(=O)N1C[C@@H](C(F)(F)F)[C@H](C(=O)O)C1. The Kier molecular flexibility index (Phi) is 5.36. The fourth-order valence-electron chi connectivity index (χ4n) is 3.02. The lowest BCUT2D eigenvalue weighted by Crippen LogP contribution is -2.34. The number of alkyl halides is 3. The van der Waals surface area contributed by atoms with Crippen molar-refractivity contribution in [1.82, 2.24) is 4.90 Å². The van der Waals surface area contributed by atoms with Crippen LogP contribution in [-0.4, -0.2) is 55.8 Å². The van der Waals surface area contributed by atoms with Crippen molar-refractivity contribution in [3.8, 4) is 0 Å². The third kappa shape index (κ3) is 4.00. The van der Waals surface area contributed by atoms with E-state index in [4.69, 9.17) is 5.11 Å². The van der Waals surface area contributed by atoms with Gasteiger partial charge < -0.3 is 10.0 Å². The molecule has 1 aromatic carbocycles. The van der Waals surface area contributed by atoms with Crippen molar-refractivity contribution in [1.29, 1.82) is 0 Å². The molecule has 0 aromatic heterocycles. The van der Waals surface area contributed by atoms with Crippen LogP contribution >= 0.6 is 0 Å². The Bertz CT molecular complexity index is 835. The number of aliphatic carboxylic acids is 1. The average molecular weight is 393 g/mol. The molecule has 0 spiro atoms. The van der Waals surface area contributed by atoms with Crippen LogP contribution in [0, 0.1) is 11.8 Å². The molecule has 1 saturated heterocycles. The number of carbonyl (C=O) groups excluding carboxylic acids is 1. The molecule has 0 saturated carbocycles. The largest absolute Gasteiger partial charge is 0.481 e. The summed E-state index contributed by atoms with van der Waals surface area (Å²) in [4.78, 5) is 24.6. The van der Waals surface area contributed by atoms with Crippen LogP contribution in [0.15, 0.2) is 23.1 Å². The minimum atomic E-state index is -4.75. The molecule has 1 aliphatic heterocycles. The number of hydrogen-bond donors (Lipinski definition) is 1. The number of aryl methyl sites for hydroxylation is 1. The summed E-state index contributed by atoms with van der Waals surface area (Å²) in [5.74, 6) is -6.33. The first-order valence-electron chi connectivity index (χ1n) is 7.78. The van der Waals surface area contributed by atoms with E-state index in [0.29, 0.717) is 12.0 Å². The van der Waals surface area contributed by atoms with E-state index in [1.165, 1.54) is 12.1 Å². The fourth-order valence-corrected chi connectivity index (χ4v) is 3.66. The van der Waals surface area contributed by atoms with Gasteiger partial charge in [-0.3, -0.25) is 9.59 Å². The lowest BCUT2D eigenvalue weighted by Gasteiger charge is -2.19. The van der Waals surface area contributed by atoms with Gasteiger partial charge in [-0.05, 0) is 24.1 Å². The summed E-state index contributed by atoms with van der Waals surface area (Å²) in [6.45, 7) is 0.366. The first kappa shape index (κ1) is 20.2. The Labute approximate surface area is 148 Å². The zero-order chi connectivity index (χ0) is 19.9. The highest BCUT2D eigenvalue weighted by Gasteiger charge is 2.53. The molecule has 2 rings (SSSR count). The van der Waals surface area contributed by atoms with Crippen LogP contribution in [-0.2, 0) is 21.1 Å². The average Bonchev–Trinajstić information content (AvgIpc) is 2.98. The molecule has 0 unspecified atom stereocenters. The minimum absolute atomic E-state index is 0.0256. The number of benzene rings is 1. The first-order chi connectivity index (χ1) is 11.9. The summed E-state index contributed by atoms with van der Waals surface area (Å²) >= 11 is 0. The highest BCUT2D eigenvalue weighted by Crippen LogP contribution is 2.38. The van der Waals surface area contributed by atoms with Crippen LogP contribution in [0.2, 0.25) is 0 Å². The number of carboxylic acids is 1. The zero-order valence-electron chi connectivity index (χ0n) is 14.1. The van der Waals surface area contributed by atoms with Gasteiger partial charge in [-0.1, -0.05) is 13.0 Å². The number of halogens is 3. The molecule has 1 fully saturated rings. The number of sulfone groups is 1. The van der Waals surface area contributed by atoms with Gasteiger partial charge in [-0.15, -0.1) is 0 Å². The molecule has 0 aliphatic carbocycles. The summed E-state index contributed by atoms with van der Waals surface area (Å²) in [6.07, 6.45) is -3.43. The predicted octanol–water partition coefficient (Wildman–Crippen LogP) is 1.99. The normalized spacial score (nSPS) is 21.0. The molecule has 0 radical (unpaired) electrons. The number of hydrogen-bond acceptors (Lipinski definition) is 4. The van der Waals surface area contributed by atoms with Gasteiger partial charge in [0, 0.05) is 24.9 Å². The molecular weight excluding hydrogens is 375 g/mol. The lowest BCUT2D eigenvalue weighted by atomic mass is 9.96. The van der Waals surface area contributed by atoms with Crippen LogP contribution in [0.1, 0.15) is 22.8 Å². The van der Waals surface area contributed by atoms with Crippen molar-refractivity contribution < 1.29 is 36.3 Å². The number of nitrogens with zero attached hydrogens (tertiary/aromatic N) is 1. The molecule has 1 amide bonds. The van der Waals surface area contributed by atoms with Crippen molar-refractivity contribution in [2.24, 2.45) is 11.8 Å². The molecule has 26 heavy (non-hydrogen) atoms. The maximum absolute atomic E-state index is 13.1. The van der Waals surface area contributed by atoms with E-state index >= 15 is 0 Å². The Morgan fingerprint density at radius 3 is 2.31 bits per heavy atom. The number of likely N-dealkylation sites (tertiary alicyclic amines) is 1. The molecule has 6 nitrogen and oxygen atoms in total. The van der Waals surface area contributed by atoms with Crippen molar-refractivity contribution in [2.45, 2.75) is 24.4 Å². The van der Waals surface area contributed by atoms with E-state index in [0.717, 1.165) is 17.2 Å². The van der Waals surface area contributed by atoms with E-state index in [2.05, 4.69) is 0 Å². The number of carbonyl (C=O) groups is 2. The van der Waals surface area contributed by atoms with E-state index in [-0.39, 0.29) is 10.5 Å². The standard InChI is InChI=1S/C16H18F3NO5S/c1-3-9-4-5-10(26(2,24)25)6-11(9)14(21)20-7-12(15(22)23)13(8-20)16(17,18)19/h4-6,12-13H,3,7-8H2,1-2H3,(H,22,23)/t12-,13-/m1/s1. The summed E-state index contributed by atoms with van der Waals surface area (Å²) < 4.78 is 62.7. The summed E-state index contributed by atoms with van der Waals surface area (Å²) in [6, 6.07) is 3.90. The highest BCUT2D eigenvalue weighted by atomic mass is 32.2. The third-order valence-electron chi connectivity index (χ3n) is 4.47. The summed E-state index contributed by atoms with van der Waals surface area (Å²) in [7, 11) is -3.61. The van der Waals surface area contributed by atoms with E-state index in [9.17, 15) is 31.2 Å². The van der Waals surface area contributed by atoms with Gasteiger partial charge in [0.15, 0.2) is 9.84 Å². The van der Waals surface area contributed by atoms with E-state index < -0.39 is 52.8 Å². The van der Waals surface area contributed by atoms with Gasteiger partial charge in [-0.25, -0.2) is 8.42 Å². The molecular formula is C16H18F3NO5S. The Morgan fingerprint density at radius 2 is 1.88 bits per heavy atom. The second kappa shape index (κ2) is 6.90. The monoisotopic (exact) mass is 393 g/mol. The fraction of sp³-hybridized carbons (Fsp3) is 0.500. The van der Waals surface area contributed by atoms with Gasteiger partial charge in [0.25, 0.3) is 5.91 Å². The highest BCUT2D eigenvalue weighted by molar-refractivity contribution is 7.90. The Hall–Kier alpha value is -2.10. The lowest BCUT2D eigenvalue weighted by molar-refractivity contribution is -0.187. The van der Waals surface area contributed by atoms with Crippen LogP contribution in [0.25, 0.3) is 0 Å². The summed E-state index contributed by atoms with van der Waals surface area (Å²) in [5.41, 5.74) is 0.451. The van der Waals surface area contributed by atoms with E-state index in [1.807, 2.05) is 0 Å². The molecule has 1 heterocycles. The first-order valence-corrected chi connectivity index (χ1v) is 9.67. The Morgan fingerprint density at radius 1 is 1.27 bits per heavy atom. The van der Waals surface area contributed by atoms with Crippen LogP contribution in [0.4, 0.5) is 13.2 Å². The molecule has 2 atom stereocenters. The van der Waals surface area contributed by atoms with Crippen LogP contribution in [0.3, 0.4) is 0 Å². The van der Waals surface area contributed by atoms with Crippen LogP contribution in [0.5, 0.6) is 0 Å². The Balaban J connectivity index is 2.42. The van der Waals surface area contributed by atoms with Gasteiger partial charge in [0.05, 0.1) is 16.7 Å². The number of rotatable bonds is 4. The second-order valence-electron chi connectivity index (χ2n) is 6.25. The molecule has 1 N–H and O–H groups in total. The third-order valence-corrected chi connectivity index (χ3v) is 5.58. The molecule has 0 bridgehead atoms.